The SMILES string of the molecule is N[C@@H]1c2nc(Cl)sc2CC12CCN(SS)CC2. The average Bonchev–Trinajstić information content (AvgIpc) is 2.79. The van der Waals surface area contributed by atoms with Gasteiger partial charge >= 0.3 is 0 Å². The zero-order valence-electron chi connectivity index (χ0n) is 9.23. The number of aromatic nitrogens is 1. The lowest BCUT2D eigenvalue weighted by molar-refractivity contribution is 0.138. The first kappa shape index (κ1) is 12.6. The molecule has 1 fully saturated rings. The fraction of sp³-hybridized carbons (Fsp3) is 0.700. The van der Waals surface area contributed by atoms with Crippen molar-refractivity contribution in [2.45, 2.75) is 25.3 Å². The average molecular weight is 308 g/mol. The van der Waals surface area contributed by atoms with Crippen LogP contribution in [0, 0.1) is 5.41 Å². The van der Waals surface area contributed by atoms with Gasteiger partial charge in [-0.1, -0.05) is 23.3 Å². The number of hydrogen-bond acceptors (Lipinski definition) is 6. The van der Waals surface area contributed by atoms with Gasteiger partial charge in [0.25, 0.3) is 0 Å². The minimum Gasteiger partial charge on any atom is -0.322 e. The molecule has 2 N–H and O–H groups in total. The van der Waals surface area contributed by atoms with Crippen LogP contribution in [-0.2, 0) is 6.42 Å². The first-order chi connectivity index (χ1) is 8.14. The third-order valence-corrected chi connectivity index (χ3v) is 6.47. The molecule has 7 heteroatoms. The van der Waals surface area contributed by atoms with Gasteiger partial charge in [-0.15, -0.1) is 11.3 Å². The normalized spacial score (nSPS) is 27.6. The summed E-state index contributed by atoms with van der Waals surface area (Å²) in [4.78, 5) is 5.69. The molecule has 1 aromatic rings. The molecule has 1 atom stereocenters. The van der Waals surface area contributed by atoms with Gasteiger partial charge in [0.15, 0.2) is 4.47 Å². The number of thiol groups is 1. The highest BCUT2D eigenvalue weighted by atomic mass is 35.5. The zero-order chi connectivity index (χ0) is 12.0. The van der Waals surface area contributed by atoms with E-state index in [9.17, 15) is 0 Å². The van der Waals surface area contributed by atoms with Crippen LogP contribution >= 0.6 is 45.6 Å². The fourth-order valence-electron chi connectivity index (χ4n) is 2.92. The van der Waals surface area contributed by atoms with Crippen molar-refractivity contribution in [3.63, 3.8) is 0 Å². The highest BCUT2D eigenvalue weighted by Crippen LogP contribution is 2.53. The van der Waals surface area contributed by atoms with Gasteiger partial charge in [0.05, 0.1) is 11.7 Å². The summed E-state index contributed by atoms with van der Waals surface area (Å²) >= 11 is 11.8. The summed E-state index contributed by atoms with van der Waals surface area (Å²) in [7, 11) is 1.53. The van der Waals surface area contributed by atoms with Crippen molar-refractivity contribution in [1.82, 2.24) is 9.29 Å². The van der Waals surface area contributed by atoms with Crippen LogP contribution in [0.1, 0.15) is 29.5 Å². The fourth-order valence-corrected chi connectivity index (χ4v) is 5.11. The first-order valence-electron chi connectivity index (χ1n) is 5.62. The number of piperidine rings is 1. The Morgan fingerprint density at radius 1 is 1.53 bits per heavy atom. The molecule has 2 heterocycles. The topological polar surface area (TPSA) is 42.1 Å². The van der Waals surface area contributed by atoms with Crippen molar-refractivity contribution in [1.29, 1.82) is 0 Å². The van der Waals surface area contributed by atoms with Crippen molar-refractivity contribution >= 4 is 45.6 Å². The minimum absolute atomic E-state index is 0.0633. The second-order valence-electron chi connectivity index (χ2n) is 4.80. The van der Waals surface area contributed by atoms with E-state index < -0.39 is 0 Å². The summed E-state index contributed by atoms with van der Waals surface area (Å²) in [5.74, 6) is 0. The number of nitrogens with two attached hydrogens (primary N) is 1. The number of halogens is 1. The van der Waals surface area contributed by atoms with E-state index in [2.05, 4.69) is 20.9 Å². The van der Waals surface area contributed by atoms with Crippen molar-refractivity contribution in [3.8, 4) is 0 Å². The molecule has 0 radical (unpaired) electrons. The van der Waals surface area contributed by atoms with Crippen LogP contribution in [-0.4, -0.2) is 22.4 Å². The Morgan fingerprint density at radius 3 is 2.82 bits per heavy atom. The van der Waals surface area contributed by atoms with Gasteiger partial charge in [0.1, 0.15) is 0 Å². The molecular formula is C10H14ClN3S3. The molecule has 1 spiro atoms. The summed E-state index contributed by atoms with van der Waals surface area (Å²) in [5.41, 5.74) is 7.67. The van der Waals surface area contributed by atoms with E-state index in [4.69, 9.17) is 17.3 Å². The maximum absolute atomic E-state index is 6.40. The monoisotopic (exact) mass is 307 g/mol. The molecule has 3 nitrogen and oxygen atoms in total. The minimum atomic E-state index is 0.0633. The molecule has 1 saturated heterocycles. The lowest BCUT2D eigenvalue weighted by Crippen LogP contribution is -2.41. The van der Waals surface area contributed by atoms with E-state index in [-0.39, 0.29) is 11.5 Å². The first-order valence-corrected chi connectivity index (χ1v) is 8.64. The summed E-state index contributed by atoms with van der Waals surface area (Å²) in [6.07, 6.45) is 3.31. The molecule has 1 aliphatic carbocycles. The molecule has 17 heavy (non-hydrogen) atoms. The lowest BCUT2D eigenvalue weighted by atomic mass is 9.74. The van der Waals surface area contributed by atoms with Crippen LogP contribution in [0.2, 0.25) is 4.47 Å². The smallest absolute Gasteiger partial charge is 0.184 e. The van der Waals surface area contributed by atoms with E-state index in [0.717, 1.165) is 38.0 Å². The molecule has 0 bridgehead atoms. The van der Waals surface area contributed by atoms with Gasteiger partial charge in [-0.05, 0) is 35.7 Å². The molecule has 0 amide bonds. The van der Waals surface area contributed by atoms with Crippen LogP contribution in [0.3, 0.4) is 0 Å². The van der Waals surface area contributed by atoms with Crippen LogP contribution in [0.15, 0.2) is 0 Å². The summed E-state index contributed by atoms with van der Waals surface area (Å²) in [6, 6.07) is 0.0633. The van der Waals surface area contributed by atoms with E-state index in [0.29, 0.717) is 4.47 Å². The largest absolute Gasteiger partial charge is 0.322 e. The van der Waals surface area contributed by atoms with Crippen LogP contribution in [0.25, 0.3) is 0 Å². The highest BCUT2D eigenvalue weighted by molar-refractivity contribution is 8.67. The summed E-state index contributed by atoms with van der Waals surface area (Å²) in [5, 5.41) is 0. The Morgan fingerprint density at radius 2 is 2.24 bits per heavy atom. The molecule has 0 saturated carbocycles. The standard InChI is InChI=1S/C10H14ClN3S3/c11-9-13-7-6(16-9)5-10(8(7)12)1-3-14(17-15)4-2-10/h8,15H,1-5,12H2/t8-/m1/s1. The number of nitrogens with zero attached hydrogens (tertiary/aromatic N) is 2. The zero-order valence-corrected chi connectivity index (χ0v) is 12.5. The molecule has 1 aliphatic heterocycles. The van der Waals surface area contributed by atoms with Gasteiger partial charge < -0.3 is 5.73 Å². The molecule has 3 rings (SSSR count). The van der Waals surface area contributed by atoms with Gasteiger partial charge in [0.2, 0.25) is 0 Å². The molecule has 94 valence electrons. The Hall–Kier alpha value is 0.540. The second-order valence-corrected chi connectivity index (χ2v) is 7.64. The van der Waals surface area contributed by atoms with Gasteiger partial charge in [-0.25, -0.2) is 9.29 Å². The maximum atomic E-state index is 6.40. The van der Waals surface area contributed by atoms with Crippen LogP contribution in [0.4, 0.5) is 0 Å². The van der Waals surface area contributed by atoms with Gasteiger partial charge in [-0.3, -0.25) is 0 Å². The summed E-state index contributed by atoms with van der Waals surface area (Å²) < 4.78 is 2.91. The number of thiazole rings is 1. The Balaban J connectivity index is 1.81. The molecule has 2 aliphatic rings. The predicted octanol–water partition coefficient (Wildman–Crippen LogP) is 2.93. The van der Waals surface area contributed by atoms with E-state index in [1.165, 1.54) is 15.9 Å². The molecular weight excluding hydrogens is 294 g/mol. The lowest BCUT2D eigenvalue weighted by Gasteiger charge is -2.40. The van der Waals surface area contributed by atoms with Crippen LogP contribution in [0.5, 0.6) is 0 Å². The van der Waals surface area contributed by atoms with Crippen molar-refractivity contribution < 1.29 is 0 Å². The third kappa shape index (κ3) is 2.03. The van der Waals surface area contributed by atoms with Crippen LogP contribution < -0.4 is 5.73 Å². The Labute approximate surface area is 119 Å². The maximum Gasteiger partial charge on any atom is 0.184 e. The predicted molar refractivity (Wildman–Crippen MR) is 77.6 cm³/mol. The van der Waals surface area contributed by atoms with Crippen molar-refractivity contribution in [3.05, 3.63) is 15.0 Å². The van der Waals surface area contributed by atoms with E-state index in [1.54, 1.807) is 11.3 Å². The summed E-state index contributed by atoms with van der Waals surface area (Å²) in [6.45, 7) is 2.12. The molecule has 0 aromatic carbocycles. The Bertz CT molecular complexity index is 428. The van der Waals surface area contributed by atoms with E-state index in [1.807, 2.05) is 0 Å². The number of rotatable bonds is 1. The second kappa shape index (κ2) is 4.58. The number of hydrogen-bond donors (Lipinski definition) is 2. The Kier molecular flexibility index (Phi) is 3.38. The van der Waals surface area contributed by atoms with Gasteiger partial charge in [-0.2, -0.15) is 0 Å². The molecule has 0 unspecified atom stereocenters. The number of fused-ring (bicyclic) bond motifs is 1. The van der Waals surface area contributed by atoms with E-state index >= 15 is 0 Å². The van der Waals surface area contributed by atoms with Crippen molar-refractivity contribution in [2.24, 2.45) is 11.1 Å². The highest BCUT2D eigenvalue weighted by Gasteiger charge is 2.47. The third-order valence-electron chi connectivity index (χ3n) is 4.00. The quantitative estimate of drug-likeness (QED) is 0.475. The molecule has 1 aromatic heterocycles. The van der Waals surface area contributed by atoms with Gasteiger partial charge in [0, 0.05) is 18.0 Å². The van der Waals surface area contributed by atoms with Crippen molar-refractivity contribution in [2.75, 3.05) is 13.1 Å².